The Morgan fingerprint density at radius 2 is 1.91 bits per heavy atom. The highest BCUT2D eigenvalue weighted by Crippen LogP contribution is 2.25. The maximum atomic E-state index is 13.5. The second-order valence-corrected chi connectivity index (χ2v) is 6.02. The van der Waals surface area contributed by atoms with Crippen molar-refractivity contribution in [1.29, 1.82) is 0 Å². The molecule has 1 N–H and O–H groups in total. The number of rotatable bonds is 5. The van der Waals surface area contributed by atoms with Gasteiger partial charge in [-0.05, 0) is 32.0 Å². The van der Waals surface area contributed by atoms with E-state index in [4.69, 9.17) is 27.9 Å². The molecule has 3 nitrogen and oxygen atoms in total. The lowest BCUT2D eigenvalue weighted by Crippen LogP contribution is -2.24. The first kappa shape index (κ1) is 17.6. The van der Waals surface area contributed by atoms with Gasteiger partial charge in [-0.15, -0.1) is 0 Å². The zero-order valence-electron chi connectivity index (χ0n) is 12.7. The summed E-state index contributed by atoms with van der Waals surface area (Å²) in [6.45, 7) is 4.08. The Hall–Kier alpha value is -1.78. The first-order chi connectivity index (χ1) is 10.9. The average Bonchev–Trinajstić information content (AvgIpc) is 2.49. The van der Waals surface area contributed by atoms with Gasteiger partial charge in [0, 0.05) is 12.1 Å². The summed E-state index contributed by atoms with van der Waals surface area (Å²) >= 11 is 11.6. The van der Waals surface area contributed by atoms with Gasteiger partial charge in [-0.2, -0.15) is 0 Å². The van der Waals surface area contributed by atoms with E-state index in [1.54, 1.807) is 0 Å². The van der Waals surface area contributed by atoms with Crippen LogP contribution in [0.1, 0.15) is 29.8 Å². The van der Waals surface area contributed by atoms with Crippen LogP contribution in [0.15, 0.2) is 36.4 Å². The van der Waals surface area contributed by atoms with E-state index in [1.165, 1.54) is 6.07 Å². The summed E-state index contributed by atoms with van der Waals surface area (Å²) in [6, 6.07) is 9.62. The largest absolute Gasteiger partial charge is 0.491 e. The van der Waals surface area contributed by atoms with Crippen LogP contribution in [0.25, 0.3) is 0 Å². The van der Waals surface area contributed by atoms with E-state index in [0.717, 1.165) is 11.6 Å². The minimum Gasteiger partial charge on any atom is -0.491 e. The molecule has 0 radical (unpaired) electrons. The average molecular weight is 356 g/mol. The Bertz CT molecular complexity index is 720. The van der Waals surface area contributed by atoms with Crippen LogP contribution < -0.4 is 10.1 Å². The van der Waals surface area contributed by atoms with Crippen LogP contribution in [-0.4, -0.2) is 12.0 Å². The molecule has 0 spiro atoms. The van der Waals surface area contributed by atoms with Gasteiger partial charge < -0.3 is 10.1 Å². The number of hydrogen-bond donors (Lipinski definition) is 1. The van der Waals surface area contributed by atoms with Gasteiger partial charge in [0.25, 0.3) is 5.91 Å². The van der Waals surface area contributed by atoms with E-state index >= 15 is 0 Å². The molecule has 6 heteroatoms. The number of halogens is 3. The number of carbonyl (C=O) groups is 1. The predicted molar refractivity (Wildman–Crippen MR) is 89.8 cm³/mol. The van der Waals surface area contributed by atoms with Crippen molar-refractivity contribution in [2.24, 2.45) is 0 Å². The Labute approximate surface area is 144 Å². The summed E-state index contributed by atoms with van der Waals surface area (Å²) in [7, 11) is 0. The van der Waals surface area contributed by atoms with Gasteiger partial charge in [-0.1, -0.05) is 41.4 Å². The normalized spacial score (nSPS) is 10.7. The Kier molecular flexibility index (Phi) is 5.85. The summed E-state index contributed by atoms with van der Waals surface area (Å²) in [4.78, 5) is 12.2. The van der Waals surface area contributed by atoms with Gasteiger partial charge in [0.2, 0.25) is 0 Å². The molecule has 0 saturated carbocycles. The lowest BCUT2D eigenvalue weighted by Gasteiger charge is -2.15. The number of amides is 1. The van der Waals surface area contributed by atoms with Crippen molar-refractivity contribution in [2.75, 3.05) is 0 Å². The summed E-state index contributed by atoms with van der Waals surface area (Å²) in [6.07, 6.45) is 0.0201. The SMILES string of the molecule is CC(C)Oc1ccccc1CNC(=O)c1cc(F)c(Cl)cc1Cl. The van der Waals surface area contributed by atoms with Crippen LogP contribution in [0.5, 0.6) is 5.75 Å². The summed E-state index contributed by atoms with van der Waals surface area (Å²) in [5.41, 5.74) is 0.857. The third kappa shape index (κ3) is 4.60. The van der Waals surface area contributed by atoms with Crippen molar-refractivity contribution >= 4 is 29.1 Å². The second-order valence-electron chi connectivity index (χ2n) is 5.20. The quantitative estimate of drug-likeness (QED) is 0.778. The fourth-order valence-corrected chi connectivity index (χ4v) is 2.46. The molecule has 2 rings (SSSR count). The van der Waals surface area contributed by atoms with Crippen LogP contribution in [0.3, 0.4) is 0 Å². The highest BCUT2D eigenvalue weighted by Gasteiger charge is 2.15. The molecule has 0 heterocycles. The highest BCUT2D eigenvalue weighted by molar-refractivity contribution is 6.36. The fraction of sp³-hybridized carbons (Fsp3) is 0.235. The van der Waals surface area contributed by atoms with Gasteiger partial charge >= 0.3 is 0 Å². The van der Waals surface area contributed by atoms with Gasteiger partial charge in [0.15, 0.2) is 0 Å². The van der Waals surface area contributed by atoms with E-state index in [9.17, 15) is 9.18 Å². The number of hydrogen-bond acceptors (Lipinski definition) is 2. The second kappa shape index (κ2) is 7.66. The molecule has 0 saturated heterocycles. The molecule has 0 aliphatic carbocycles. The van der Waals surface area contributed by atoms with Crippen molar-refractivity contribution in [3.05, 3.63) is 63.4 Å². The summed E-state index contributed by atoms with van der Waals surface area (Å²) < 4.78 is 19.2. The van der Waals surface area contributed by atoms with Gasteiger partial charge in [-0.25, -0.2) is 4.39 Å². The van der Waals surface area contributed by atoms with Gasteiger partial charge in [-0.3, -0.25) is 4.79 Å². The third-order valence-corrected chi connectivity index (χ3v) is 3.63. The number of benzene rings is 2. The number of carbonyl (C=O) groups excluding carboxylic acids is 1. The van der Waals surface area contributed by atoms with Crippen LogP contribution in [0, 0.1) is 5.82 Å². The number of ether oxygens (including phenoxy) is 1. The van der Waals surface area contributed by atoms with Crippen molar-refractivity contribution in [1.82, 2.24) is 5.32 Å². The zero-order valence-corrected chi connectivity index (χ0v) is 14.2. The maximum absolute atomic E-state index is 13.5. The standard InChI is InChI=1S/C17H16Cl2FNO2/c1-10(2)23-16-6-4-3-5-11(16)9-21-17(22)12-7-15(20)14(19)8-13(12)18/h3-8,10H,9H2,1-2H3,(H,21,22). The highest BCUT2D eigenvalue weighted by atomic mass is 35.5. The smallest absolute Gasteiger partial charge is 0.253 e. The molecule has 0 atom stereocenters. The van der Waals surface area contributed by atoms with E-state index in [0.29, 0.717) is 5.75 Å². The lowest BCUT2D eigenvalue weighted by atomic mass is 10.1. The number of para-hydroxylation sites is 1. The first-order valence-electron chi connectivity index (χ1n) is 7.05. The minimum absolute atomic E-state index is 0.0201. The van der Waals surface area contributed by atoms with Crippen LogP contribution in [0.4, 0.5) is 4.39 Å². The van der Waals surface area contributed by atoms with Crippen molar-refractivity contribution in [3.63, 3.8) is 0 Å². The molecule has 2 aromatic carbocycles. The molecule has 0 bridgehead atoms. The van der Waals surface area contributed by atoms with E-state index < -0.39 is 11.7 Å². The van der Waals surface area contributed by atoms with Crippen molar-refractivity contribution in [3.8, 4) is 5.75 Å². The first-order valence-corrected chi connectivity index (χ1v) is 7.81. The molecule has 0 aromatic heterocycles. The van der Waals surface area contributed by atoms with Crippen molar-refractivity contribution in [2.45, 2.75) is 26.5 Å². The topological polar surface area (TPSA) is 38.3 Å². The summed E-state index contributed by atoms with van der Waals surface area (Å²) in [5.74, 6) is -0.481. The molecule has 23 heavy (non-hydrogen) atoms. The van der Waals surface area contributed by atoms with Gasteiger partial charge in [0.1, 0.15) is 11.6 Å². The molecule has 0 fully saturated rings. The van der Waals surface area contributed by atoms with E-state index in [-0.39, 0.29) is 28.3 Å². The molecular formula is C17H16Cl2FNO2. The molecule has 122 valence electrons. The Balaban J connectivity index is 2.12. The van der Waals surface area contributed by atoms with Crippen LogP contribution in [-0.2, 0) is 6.54 Å². The van der Waals surface area contributed by atoms with E-state index in [1.807, 2.05) is 38.1 Å². The monoisotopic (exact) mass is 355 g/mol. The summed E-state index contributed by atoms with van der Waals surface area (Å²) in [5, 5.41) is 2.68. The lowest BCUT2D eigenvalue weighted by molar-refractivity contribution is 0.0950. The zero-order chi connectivity index (χ0) is 17.0. The Morgan fingerprint density at radius 1 is 1.22 bits per heavy atom. The van der Waals surface area contributed by atoms with Crippen molar-refractivity contribution < 1.29 is 13.9 Å². The maximum Gasteiger partial charge on any atom is 0.253 e. The molecule has 2 aromatic rings. The Morgan fingerprint density at radius 3 is 2.61 bits per heavy atom. The molecule has 0 unspecified atom stereocenters. The fourth-order valence-electron chi connectivity index (χ4n) is 1.99. The third-order valence-electron chi connectivity index (χ3n) is 3.03. The van der Waals surface area contributed by atoms with Crippen LogP contribution in [0.2, 0.25) is 10.0 Å². The predicted octanol–water partition coefficient (Wildman–Crippen LogP) is 4.85. The molecule has 0 aliphatic heterocycles. The minimum atomic E-state index is -0.690. The van der Waals surface area contributed by atoms with Crippen LogP contribution >= 0.6 is 23.2 Å². The van der Waals surface area contributed by atoms with E-state index in [2.05, 4.69) is 5.32 Å². The molecule has 0 aliphatic rings. The molecular weight excluding hydrogens is 340 g/mol. The number of nitrogens with one attached hydrogen (secondary N) is 1. The molecule has 1 amide bonds. The van der Waals surface area contributed by atoms with Gasteiger partial charge in [0.05, 0.1) is 21.7 Å².